The van der Waals surface area contributed by atoms with Crippen molar-refractivity contribution in [1.29, 1.82) is 0 Å². The molecule has 0 saturated heterocycles. The van der Waals surface area contributed by atoms with Gasteiger partial charge in [0.2, 0.25) is 0 Å². The quantitative estimate of drug-likeness (QED) is 0.507. The van der Waals surface area contributed by atoms with Crippen LogP contribution in [-0.2, 0) is 0 Å². The molecule has 0 aromatic rings. The van der Waals surface area contributed by atoms with E-state index in [-0.39, 0.29) is 3.23 Å². The van der Waals surface area contributed by atoms with Crippen LogP contribution < -0.4 is 0 Å². The van der Waals surface area contributed by atoms with Crippen molar-refractivity contribution in [3.63, 3.8) is 0 Å². The van der Waals surface area contributed by atoms with Gasteiger partial charge in [-0.1, -0.05) is 79.6 Å². The number of alkyl halides is 5. The summed E-state index contributed by atoms with van der Waals surface area (Å²) in [6.07, 6.45) is 1.07. The summed E-state index contributed by atoms with van der Waals surface area (Å²) in [4.78, 5) is 0.929. The molecule has 0 radical (unpaired) electrons. The summed E-state index contributed by atoms with van der Waals surface area (Å²) >= 11 is 17.6. The van der Waals surface area contributed by atoms with Gasteiger partial charge in [-0.15, -0.1) is 0 Å². The maximum absolute atomic E-state index is 3.60. The SMILES string of the molecule is CC(Br)(Br)C(Br)CC(Br)CBr. The summed E-state index contributed by atoms with van der Waals surface area (Å²) in [5.41, 5.74) is 0. The normalized spacial score (nSPS) is 18.0. The van der Waals surface area contributed by atoms with Gasteiger partial charge in [-0.3, -0.25) is 0 Å². The largest absolute Gasteiger partial charge is 0.0916 e. The average Bonchev–Trinajstić information content (AvgIpc) is 1.85. The minimum absolute atomic E-state index is 0.0197. The summed E-state index contributed by atoms with van der Waals surface area (Å²) in [7, 11) is 0. The highest BCUT2D eigenvalue weighted by Crippen LogP contribution is 2.37. The molecule has 0 aromatic carbocycles. The highest BCUT2D eigenvalue weighted by Gasteiger charge is 2.27. The van der Waals surface area contributed by atoms with E-state index in [4.69, 9.17) is 0 Å². The predicted octanol–water partition coefficient (Wildman–Crippen LogP) is 4.80. The second kappa shape index (κ2) is 5.99. The molecule has 0 saturated carbocycles. The van der Waals surface area contributed by atoms with E-state index in [0.29, 0.717) is 9.65 Å². The molecule has 0 aromatic heterocycles. The Morgan fingerprint density at radius 1 is 1.27 bits per heavy atom. The third-order valence-electron chi connectivity index (χ3n) is 1.18. The van der Waals surface area contributed by atoms with E-state index in [1.165, 1.54) is 0 Å². The molecule has 0 amide bonds. The molecule has 0 spiro atoms. The van der Waals surface area contributed by atoms with Crippen LogP contribution >= 0.6 is 79.6 Å². The van der Waals surface area contributed by atoms with Crippen LogP contribution in [0.5, 0.6) is 0 Å². The topological polar surface area (TPSA) is 0 Å². The molecule has 68 valence electrons. The minimum Gasteiger partial charge on any atom is -0.0916 e. The van der Waals surface area contributed by atoms with Crippen molar-refractivity contribution in [3.05, 3.63) is 0 Å². The third kappa shape index (κ3) is 6.47. The van der Waals surface area contributed by atoms with Gasteiger partial charge in [-0.25, -0.2) is 0 Å². The highest BCUT2D eigenvalue weighted by molar-refractivity contribution is 9.26. The molecule has 0 rings (SSSR count). The average molecular weight is 481 g/mol. The van der Waals surface area contributed by atoms with Gasteiger partial charge in [0.05, 0.1) is 3.23 Å². The summed E-state index contributed by atoms with van der Waals surface area (Å²) < 4.78 is -0.0197. The highest BCUT2D eigenvalue weighted by atomic mass is 79.9. The Bertz CT molecular complexity index is 108. The first-order valence-electron chi connectivity index (χ1n) is 3.10. The first-order chi connectivity index (χ1) is 4.88. The van der Waals surface area contributed by atoms with Gasteiger partial charge >= 0.3 is 0 Å². The molecule has 11 heavy (non-hydrogen) atoms. The van der Waals surface area contributed by atoms with Crippen molar-refractivity contribution in [2.24, 2.45) is 0 Å². The lowest BCUT2D eigenvalue weighted by Gasteiger charge is -2.22. The van der Waals surface area contributed by atoms with E-state index in [9.17, 15) is 0 Å². The lowest BCUT2D eigenvalue weighted by atomic mass is 10.2. The van der Waals surface area contributed by atoms with Gasteiger partial charge < -0.3 is 0 Å². The number of rotatable bonds is 4. The Morgan fingerprint density at radius 3 is 2.00 bits per heavy atom. The zero-order valence-electron chi connectivity index (χ0n) is 5.96. The monoisotopic (exact) mass is 476 g/mol. The van der Waals surface area contributed by atoms with Crippen molar-refractivity contribution in [2.75, 3.05) is 5.33 Å². The Morgan fingerprint density at radius 2 is 1.73 bits per heavy atom. The Labute approximate surface area is 110 Å². The molecule has 0 fully saturated rings. The van der Waals surface area contributed by atoms with Crippen molar-refractivity contribution in [3.8, 4) is 0 Å². The van der Waals surface area contributed by atoms with Gasteiger partial charge in [0, 0.05) is 15.0 Å². The second-order valence-electron chi connectivity index (χ2n) is 2.41. The number of halogens is 5. The van der Waals surface area contributed by atoms with E-state index < -0.39 is 0 Å². The lowest BCUT2D eigenvalue weighted by molar-refractivity contribution is 0.751. The van der Waals surface area contributed by atoms with Crippen LogP contribution in [-0.4, -0.2) is 18.2 Å². The van der Waals surface area contributed by atoms with Crippen LogP contribution in [0.4, 0.5) is 0 Å². The van der Waals surface area contributed by atoms with Crippen LogP contribution in [0.15, 0.2) is 0 Å². The molecule has 0 heterocycles. The Hall–Kier alpha value is 2.40. The van der Waals surface area contributed by atoms with E-state index >= 15 is 0 Å². The van der Waals surface area contributed by atoms with E-state index in [2.05, 4.69) is 86.6 Å². The lowest BCUT2D eigenvalue weighted by Crippen LogP contribution is -2.24. The van der Waals surface area contributed by atoms with Gasteiger partial charge in [0.15, 0.2) is 0 Å². The molecule has 2 unspecified atom stereocenters. The number of hydrogen-bond donors (Lipinski definition) is 0. The minimum atomic E-state index is -0.0197. The van der Waals surface area contributed by atoms with Crippen LogP contribution in [0.3, 0.4) is 0 Å². The van der Waals surface area contributed by atoms with Crippen molar-refractivity contribution >= 4 is 79.6 Å². The Kier molecular flexibility index (Phi) is 7.30. The van der Waals surface area contributed by atoms with Crippen LogP contribution in [0.2, 0.25) is 0 Å². The zero-order chi connectivity index (χ0) is 9.07. The first kappa shape index (κ1) is 13.4. The van der Waals surface area contributed by atoms with Crippen molar-refractivity contribution < 1.29 is 0 Å². The number of hydrogen-bond acceptors (Lipinski definition) is 0. The third-order valence-corrected chi connectivity index (χ3v) is 7.15. The summed E-state index contributed by atoms with van der Waals surface area (Å²) in [6, 6.07) is 0. The molecule has 0 N–H and O–H groups in total. The standard InChI is InChI=1S/C6H9Br5/c1-6(10,11)5(9)2-4(8)3-7/h4-5H,2-3H2,1H3. The summed E-state index contributed by atoms with van der Waals surface area (Å²) in [6.45, 7) is 2.08. The molecular formula is C6H9Br5. The van der Waals surface area contributed by atoms with E-state index in [1.54, 1.807) is 0 Å². The fourth-order valence-corrected chi connectivity index (χ4v) is 2.46. The summed E-state index contributed by atoms with van der Waals surface area (Å²) in [5, 5.41) is 0.977. The van der Waals surface area contributed by atoms with Crippen molar-refractivity contribution in [2.45, 2.75) is 26.2 Å². The molecule has 0 aliphatic rings. The zero-order valence-corrected chi connectivity index (χ0v) is 13.9. The molecule has 0 aliphatic heterocycles. The fraction of sp³-hybridized carbons (Fsp3) is 1.00. The smallest absolute Gasteiger partial charge is 0.0902 e. The predicted molar refractivity (Wildman–Crippen MR) is 70.1 cm³/mol. The molecule has 0 bridgehead atoms. The maximum Gasteiger partial charge on any atom is 0.0902 e. The fourth-order valence-electron chi connectivity index (χ4n) is 0.494. The first-order valence-corrected chi connectivity index (χ1v) is 7.63. The second-order valence-corrected chi connectivity index (χ2v) is 9.82. The molecular weight excluding hydrogens is 472 g/mol. The van der Waals surface area contributed by atoms with Crippen molar-refractivity contribution in [1.82, 2.24) is 0 Å². The molecule has 5 heteroatoms. The van der Waals surface area contributed by atoms with E-state index in [0.717, 1.165) is 11.8 Å². The van der Waals surface area contributed by atoms with E-state index in [1.807, 2.05) is 0 Å². The van der Waals surface area contributed by atoms with Crippen LogP contribution in [0.25, 0.3) is 0 Å². The molecule has 0 nitrogen and oxygen atoms in total. The van der Waals surface area contributed by atoms with Crippen LogP contribution in [0.1, 0.15) is 13.3 Å². The van der Waals surface area contributed by atoms with Gasteiger partial charge in [-0.2, -0.15) is 0 Å². The summed E-state index contributed by atoms with van der Waals surface area (Å²) in [5.74, 6) is 0. The maximum atomic E-state index is 3.60. The van der Waals surface area contributed by atoms with Gasteiger partial charge in [0.25, 0.3) is 0 Å². The van der Waals surface area contributed by atoms with Crippen LogP contribution in [0, 0.1) is 0 Å². The van der Waals surface area contributed by atoms with Gasteiger partial charge in [-0.05, 0) is 13.3 Å². The van der Waals surface area contributed by atoms with Gasteiger partial charge in [0.1, 0.15) is 0 Å². The molecule has 0 aliphatic carbocycles. The Balaban J connectivity index is 3.77. The molecule has 2 atom stereocenters.